The highest BCUT2D eigenvalue weighted by Crippen LogP contribution is 1.96. The van der Waals surface area contributed by atoms with Crippen LogP contribution < -0.4 is 10.6 Å². The molecule has 2 N–H and O–H groups in total. The lowest BCUT2D eigenvalue weighted by Crippen LogP contribution is -2.14. The summed E-state index contributed by atoms with van der Waals surface area (Å²) in [7, 11) is 0. The molecule has 0 radical (unpaired) electrons. The zero-order valence-electron chi connectivity index (χ0n) is 5.39. The predicted octanol–water partition coefficient (Wildman–Crippen LogP) is 0.390. The highest BCUT2D eigenvalue weighted by molar-refractivity contribution is 7.81. The van der Waals surface area contributed by atoms with E-state index < -0.39 is 0 Å². The number of thiocarbonyl (C=S) groups is 2. The molecule has 1 fully saturated rings. The molecule has 0 aromatic carbocycles. The molecule has 0 bridgehead atoms. The lowest BCUT2D eigenvalue weighted by Gasteiger charge is -2.00. The summed E-state index contributed by atoms with van der Waals surface area (Å²) in [5, 5.41) is 9.42. The second-order valence-corrected chi connectivity index (χ2v) is 2.39. The van der Waals surface area contributed by atoms with Crippen LogP contribution in [0.4, 0.5) is 0 Å². The van der Waals surface area contributed by atoms with Crippen LogP contribution in [-0.2, 0) is 0 Å². The van der Waals surface area contributed by atoms with Gasteiger partial charge in [-0.15, -0.1) is 0 Å². The molecule has 0 aromatic rings. The average molecular weight is 172 g/mol. The van der Waals surface area contributed by atoms with Crippen LogP contribution in [0.1, 0.15) is 0 Å². The Morgan fingerprint density at radius 1 is 1.20 bits per heavy atom. The summed E-state index contributed by atoms with van der Waals surface area (Å²) in [6.07, 6.45) is 0. The van der Waals surface area contributed by atoms with Gasteiger partial charge in [-0.25, -0.2) is 0 Å². The van der Waals surface area contributed by atoms with E-state index in [0.29, 0.717) is 0 Å². The molecule has 0 amide bonds. The molecule has 1 heterocycles. The Morgan fingerprint density at radius 2 is 1.70 bits per heavy atom. The Hall–Kier alpha value is -0.480. The summed E-state index contributed by atoms with van der Waals surface area (Å²) in [6, 6.07) is 0. The Balaban J connectivity index is 2.78. The molecular weight excluding hydrogens is 164 g/mol. The fourth-order valence-electron chi connectivity index (χ4n) is 0.787. The molecule has 1 saturated heterocycles. The highest BCUT2D eigenvalue weighted by atomic mass is 32.1. The highest BCUT2D eigenvalue weighted by Gasteiger charge is 2.06. The van der Waals surface area contributed by atoms with Crippen LogP contribution in [0.25, 0.3) is 0 Å². The van der Waals surface area contributed by atoms with Crippen LogP contribution in [0.15, 0.2) is 11.4 Å². The van der Waals surface area contributed by atoms with Crippen molar-refractivity contribution in [2.75, 3.05) is 13.1 Å². The fourth-order valence-corrected chi connectivity index (χ4v) is 1.25. The minimum absolute atomic E-state index is 0.891. The largest absolute Gasteiger partial charge is 0.370 e. The third kappa shape index (κ3) is 1.52. The molecule has 2 nitrogen and oxygen atoms in total. The van der Waals surface area contributed by atoms with Gasteiger partial charge >= 0.3 is 0 Å². The van der Waals surface area contributed by atoms with E-state index in [1.165, 1.54) is 0 Å². The summed E-state index contributed by atoms with van der Waals surface area (Å²) in [5.74, 6) is 0.963. The first-order valence-electron chi connectivity index (χ1n) is 3.01. The van der Waals surface area contributed by atoms with Gasteiger partial charge in [-0.2, -0.15) is 0 Å². The molecule has 0 unspecified atom stereocenters. The van der Waals surface area contributed by atoms with Gasteiger partial charge in [0.05, 0.1) is 0 Å². The number of hydrogen-bond donors (Lipinski definition) is 2. The minimum Gasteiger partial charge on any atom is -0.370 e. The first-order chi connectivity index (χ1) is 4.88. The van der Waals surface area contributed by atoms with Crippen LogP contribution in [-0.4, -0.2) is 23.8 Å². The molecule has 54 valence electrons. The van der Waals surface area contributed by atoms with Crippen molar-refractivity contribution < 1.29 is 0 Å². The summed E-state index contributed by atoms with van der Waals surface area (Å²) >= 11 is 9.50. The lowest BCUT2D eigenvalue weighted by molar-refractivity contribution is 0.942. The van der Waals surface area contributed by atoms with Crippen LogP contribution in [0.2, 0.25) is 0 Å². The van der Waals surface area contributed by atoms with E-state index in [9.17, 15) is 0 Å². The molecule has 1 aliphatic heterocycles. The van der Waals surface area contributed by atoms with Gasteiger partial charge in [0.15, 0.2) is 0 Å². The second-order valence-electron chi connectivity index (χ2n) is 1.92. The van der Waals surface area contributed by atoms with Gasteiger partial charge in [0.25, 0.3) is 0 Å². The summed E-state index contributed by atoms with van der Waals surface area (Å²) in [5.41, 5.74) is 0.891. The quantitative estimate of drug-likeness (QED) is 0.465. The van der Waals surface area contributed by atoms with Crippen LogP contribution in [0.5, 0.6) is 0 Å². The molecule has 4 heteroatoms. The lowest BCUT2D eigenvalue weighted by atomic mass is 10.3. The maximum absolute atomic E-state index is 4.75. The first-order valence-corrected chi connectivity index (χ1v) is 3.95. The van der Waals surface area contributed by atoms with E-state index in [0.717, 1.165) is 24.5 Å². The topological polar surface area (TPSA) is 24.1 Å². The van der Waals surface area contributed by atoms with E-state index >= 15 is 0 Å². The van der Waals surface area contributed by atoms with Crippen molar-refractivity contribution >= 4 is 35.2 Å². The van der Waals surface area contributed by atoms with Gasteiger partial charge < -0.3 is 10.6 Å². The number of rotatable bonds is 2. The van der Waals surface area contributed by atoms with E-state index in [1.807, 2.05) is 0 Å². The van der Waals surface area contributed by atoms with Gasteiger partial charge in [0.2, 0.25) is 0 Å². The molecule has 0 atom stereocenters. The van der Waals surface area contributed by atoms with Gasteiger partial charge in [-0.1, -0.05) is 24.4 Å². The summed E-state index contributed by atoms with van der Waals surface area (Å²) in [4.78, 5) is 0. The molecule has 1 aliphatic rings. The fraction of sp³-hybridized carbons (Fsp3) is 0.333. The van der Waals surface area contributed by atoms with Crippen LogP contribution >= 0.6 is 24.4 Å². The maximum atomic E-state index is 4.75. The minimum atomic E-state index is 0.891. The van der Waals surface area contributed by atoms with Crippen molar-refractivity contribution in [3.8, 4) is 0 Å². The molecular formula is C6H8N2S2. The average Bonchev–Trinajstić information content (AvgIpc) is 2.43. The van der Waals surface area contributed by atoms with Crippen LogP contribution in [0.3, 0.4) is 0 Å². The van der Waals surface area contributed by atoms with E-state index in [1.54, 1.807) is 10.7 Å². The molecule has 10 heavy (non-hydrogen) atoms. The third-order valence-electron chi connectivity index (χ3n) is 1.27. The Kier molecular flexibility index (Phi) is 2.77. The normalized spacial score (nSPS) is 15.4. The van der Waals surface area contributed by atoms with E-state index in [-0.39, 0.29) is 0 Å². The van der Waals surface area contributed by atoms with Crippen molar-refractivity contribution in [3.63, 3.8) is 0 Å². The zero-order chi connectivity index (χ0) is 7.40. The van der Waals surface area contributed by atoms with Gasteiger partial charge in [0, 0.05) is 29.4 Å². The predicted molar refractivity (Wildman–Crippen MR) is 50.3 cm³/mol. The summed E-state index contributed by atoms with van der Waals surface area (Å²) in [6.45, 7) is 1.90. The van der Waals surface area contributed by atoms with Crippen LogP contribution in [0, 0.1) is 0 Å². The zero-order valence-corrected chi connectivity index (χ0v) is 7.02. The van der Waals surface area contributed by atoms with Gasteiger partial charge in [0.1, 0.15) is 5.82 Å². The Bertz CT molecular complexity index is 168. The van der Waals surface area contributed by atoms with Gasteiger partial charge in [-0.05, 0) is 0 Å². The third-order valence-corrected chi connectivity index (χ3v) is 1.78. The Morgan fingerprint density at radius 3 is 2.10 bits per heavy atom. The van der Waals surface area contributed by atoms with Gasteiger partial charge in [-0.3, -0.25) is 0 Å². The monoisotopic (exact) mass is 172 g/mol. The molecule has 0 aromatic heterocycles. The SMILES string of the molecule is S=CC(C=S)=C1NCCN1. The number of nitrogens with one attached hydrogen (secondary N) is 2. The second kappa shape index (κ2) is 3.63. The van der Waals surface area contributed by atoms with E-state index in [2.05, 4.69) is 10.6 Å². The maximum Gasteiger partial charge on any atom is 0.108 e. The molecule has 0 spiro atoms. The molecule has 0 aliphatic carbocycles. The smallest absolute Gasteiger partial charge is 0.108 e. The standard InChI is InChI=1S/C6H8N2S2/c9-3-5(4-10)6-7-1-2-8-6/h3-4,7-8H,1-2H2. The van der Waals surface area contributed by atoms with Crippen molar-refractivity contribution in [1.29, 1.82) is 0 Å². The number of hydrogen-bond acceptors (Lipinski definition) is 4. The van der Waals surface area contributed by atoms with E-state index in [4.69, 9.17) is 24.4 Å². The summed E-state index contributed by atoms with van der Waals surface area (Å²) < 4.78 is 0. The Labute approximate surface area is 70.7 Å². The first kappa shape index (κ1) is 7.63. The van der Waals surface area contributed by atoms with Crippen molar-refractivity contribution in [1.82, 2.24) is 10.6 Å². The molecule has 0 saturated carbocycles. The van der Waals surface area contributed by atoms with Crippen molar-refractivity contribution in [2.45, 2.75) is 0 Å². The van der Waals surface area contributed by atoms with Crippen molar-refractivity contribution in [3.05, 3.63) is 11.4 Å². The molecule has 1 rings (SSSR count). The number of allylic oxidation sites excluding steroid dienone is 1. The van der Waals surface area contributed by atoms with Crippen molar-refractivity contribution in [2.24, 2.45) is 0 Å².